The molecule has 9 heteroatoms. The number of rotatable bonds is 9. The number of anilines is 1. The zero-order valence-corrected chi connectivity index (χ0v) is 14.9. The molecule has 0 unspecified atom stereocenters. The molecule has 2 amide bonds. The van der Waals surface area contributed by atoms with E-state index in [1.165, 1.54) is 12.1 Å². The number of phenolic OH excluding ortho intramolecular Hbond substituents is 1. The first-order valence-corrected chi connectivity index (χ1v) is 8.34. The van der Waals surface area contributed by atoms with E-state index in [9.17, 15) is 19.5 Å². The Balaban J connectivity index is 2.55. The predicted octanol–water partition coefficient (Wildman–Crippen LogP) is 0.444. The van der Waals surface area contributed by atoms with E-state index >= 15 is 0 Å². The Morgan fingerprint density at radius 3 is 2.20 bits per heavy atom. The number of phenols is 1. The number of carboxylic acids is 1. The van der Waals surface area contributed by atoms with Gasteiger partial charge in [0.15, 0.2) is 0 Å². The highest BCUT2D eigenvalue weighted by atomic mass is 32.1. The van der Waals surface area contributed by atoms with Gasteiger partial charge in [-0.25, -0.2) is 4.79 Å². The van der Waals surface area contributed by atoms with Gasteiger partial charge >= 0.3 is 5.97 Å². The highest BCUT2D eigenvalue weighted by molar-refractivity contribution is 7.80. The van der Waals surface area contributed by atoms with Gasteiger partial charge in [0, 0.05) is 11.4 Å². The third-order valence-corrected chi connectivity index (χ3v) is 3.75. The van der Waals surface area contributed by atoms with E-state index in [4.69, 9.17) is 5.11 Å². The maximum absolute atomic E-state index is 12.2. The highest BCUT2D eigenvalue weighted by Gasteiger charge is 2.27. The highest BCUT2D eigenvalue weighted by Crippen LogP contribution is 2.13. The minimum Gasteiger partial charge on any atom is -0.508 e. The second-order valence-corrected chi connectivity index (χ2v) is 6.14. The average molecular weight is 369 g/mol. The van der Waals surface area contributed by atoms with Gasteiger partial charge in [0.25, 0.3) is 0 Å². The predicted molar refractivity (Wildman–Crippen MR) is 96.8 cm³/mol. The summed E-state index contributed by atoms with van der Waals surface area (Å²) in [5.74, 6) is -2.34. The van der Waals surface area contributed by atoms with E-state index in [0.717, 1.165) is 0 Å². The smallest absolute Gasteiger partial charge is 0.326 e. The van der Waals surface area contributed by atoms with Gasteiger partial charge in [0.2, 0.25) is 11.8 Å². The molecule has 2 atom stereocenters. The lowest BCUT2D eigenvalue weighted by Crippen LogP contribution is -2.54. The summed E-state index contributed by atoms with van der Waals surface area (Å²) in [6.07, 6.45) is 0. The van der Waals surface area contributed by atoms with Gasteiger partial charge in [0.1, 0.15) is 17.8 Å². The molecule has 0 aliphatic heterocycles. The van der Waals surface area contributed by atoms with Gasteiger partial charge in [-0.05, 0) is 30.2 Å². The molecule has 1 aromatic rings. The number of amides is 2. The van der Waals surface area contributed by atoms with Gasteiger partial charge in [-0.2, -0.15) is 12.6 Å². The lowest BCUT2D eigenvalue weighted by molar-refractivity contribution is -0.143. The molecule has 0 saturated heterocycles. The minimum absolute atomic E-state index is 0.0290. The number of carboxylic acid groups (broad SMARTS) is 1. The molecule has 0 saturated carbocycles. The first kappa shape index (κ1) is 20.6. The number of hydrogen-bond acceptors (Lipinski definition) is 6. The summed E-state index contributed by atoms with van der Waals surface area (Å²) < 4.78 is 0. The summed E-state index contributed by atoms with van der Waals surface area (Å²) in [6.45, 7) is 3.26. The molecule has 1 rings (SSSR count). The van der Waals surface area contributed by atoms with E-state index in [1.807, 2.05) is 0 Å². The van der Waals surface area contributed by atoms with Crippen molar-refractivity contribution in [2.24, 2.45) is 5.92 Å². The third-order valence-electron chi connectivity index (χ3n) is 3.39. The number of aliphatic carboxylic acids is 1. The van der Waals surface area contributed by atoms with Crippen LogP contribution in [0.3, 0.4) is 0 Å². The fourth-order valence-corrected chi connectivity index (χ4v) is 2.23. The van der Waals surface area contributed by atoms with Crippen LogP contribution in [-0.4, -0.2) is 52.4 Å². The van der Waals surface area contributed by atoms with Gasteiger partial charge in [0.05, 0.1) is 6.54 Å². The van der Waals surface area contributed by atoms with Gasteiger partial charge in [-0.3, -0.25) is 9.59 Å². The number of carbonyl (C=O) groups is 3. The van der Waals surface area contributed by atoms with Crippen LogP contribution in [0.15, 0.2) is 24.3 Å². The quantitative estimate of drug-likeness (QED) is 0.277. The van der Waals surface area contributed by atoms with Crippen molar-refractivity contribution in [2.45, 2.75) is 25.9 Å². The van der Waals surface area contributed by atoms with E-state index in [-0.39, 0.29) is 24.0 Å². The van der Waals surface area contributed by atoms with Crippen LogP contribution in [0.5, 0.6) is 5.75 Å². The summed E-state index contributed by atoms with van der Waals surface area (Å²) in [7, 11) is 0. The topological polar surface area (TPSA) is 128 Å². The Bertz CT molecular complexity index is 606. The first-order valence-electron chi connectivity index (χ1n) is 7.71. The number of thiol groups is 1. The van der Waals surface area contributed by atoms with Gasteiger partial charge < -0.3 is 26.2 Å². The Labute approximate surface area is 151 Å². The zero-order chi connectivity index (χ0) is 19.0. The molecule has 1 aromatic carbocycles. The third kappa shape index (κ3) is 6.92. The van der Waals surface area contributed by atoms with E-state index in [1.54, 1.807) is 26.0 Å². The summed E-state index contributed by atoms with van der Waals surface area (Å²) in [4.78, 5) is 35.3. The molecule has 138 valence electrons. The molecule has 0 spiro atoms. The largest absolute Gasteiger partial charge is 0.508 e. The summed E-state index contributed by atoms with van der Waals surface area (Å²) in [5.41, 5.74) is 0.630. The van der Waals surface area contributed by atoms with E-state index < -0.39 is 29.9 Å². The standard InChI is InChI=1S/C16H23N3O5S/c1-9(2)14(16(23)24)19-15(22)12(8-25)18-13(21)7-17-10-3-5-11(20)6-4-10/h3-6,9,12,14,17,20,25H,7-8H2,1-2H3,(H,18,21)(H,19,22)(H,23,24)/t12-,14-/m0/s1. The van der Waals surface area contributed by atoms with Crippen molar-refractivity contribution in [2.75, 3.05) is 17.6 Å². The van der Waals surface area contributed by atoms with Crippen LogP contribution >= 0.6 is 12.6 Å². The number of benzene rings is 1. The molecule has 8 nitrogen and oxygen atoms in total. The van der Waals surface area contributed by atoms with Crippen LogP contribution in [0.25, 0.3) is 0 Å². The molecule has 0 aliphatic carbocycles. The Morgan fingerprint density at radius 2 is 1.72 bits per heavy atom. The van der Waals surface area contributed by atoms with E-state index in [2.05, 4.69) is 28.6 Å². The van der Waals surface area contributed by atoms with Crippen LogP contribution < -0.4 is 16.0 Å². The Hall–Kier alpha value is -2.42. The van der Waals surface area contributed by atoms with Crippen molar-refractivity contribution in [3.8, 4) is 5.75 Å². The Kier molecular flexibility index (Phi) is 8.06. The average Bonchev–Trinajstić information content (AvgIpc) is 2.56. The molecule has 0 aromatic heterocycles. The van der Waals surface area contributed by atoms with Crippen molar-refractivity contribution in [1.29, 1.82) is 0 Å². The number of carbonyl (C=O) groups excluding carboxylic acids is 2. The van der Waals surface area contributed by atoms with Crippen molar-refractivity contribution < 1.29 is 24.6 Å². The molecule has 0 bridgehead atoms. The molecular formula is C16H23N3O5S. The first-order chi connectivity index (χ1) is 11.7. The van der Waals surface area contributed by atoms with Crippen LogP contribution in [-0.2, 0) is 14.4 Å². The maximum Gasteiger partial charge on any atom is 0.326 e. The molecule has 5 N–H and O–H groups in total. The second-order valence-electron chi connectivity index (χ2n) is 5.77. The Morgan fingerprint density at radius 1 is 1.12 bits per heavy atom. The maximum atomic E-state index is 12.2. The number of nitrogens with one attached hydrogen (secondary N) is 3. The van der Waals surface area contributed by atoms with Crippen molar-refractivity contribution in [3.63, 3.8) is 0 Å². The van der Waals surface area contributed by atoms with E-state index in [0.29, 0.717) is 5.69 Å². The van der Waals surface area contributed by atoms with Crippen molar-refractivity contribution in [3.05, 3.63) is 24.3 Å². The molecule has 0 radical (unpaired) electrons. The fourth-order valence-electron chi connectivity index (χ4n) is 1.97. The lowest BCUT2D eigenvalue weighted by atomic mass is 10.0. The zero-order valence-electron chi connectivity index (χ0n) is 14.0. The minimum atomic E-state index is -1.14. The van der Waals surface area contributed by atoms with Crippen molar-refractivity contribution >= 4 is 36.1 Å². The number of aromatic hydroxyl groups is 1. The fraction of sp³-hybridized carbons (Fsp3) is 0.438. The van der Waals surface area contributed by atoms with Gasteiger partial charge in [-0.15, -0.1) is 0 Å². The lowest BCUT2D eigenvalue weighted by Gasteiger charge is -2.22. The summed E-state index contributed by atoms with van der Waals surface area (Å²) in [6, 6.07) is 4.17. The molecular weight excluding hydrogens is 346 g/mol. The monoisotopic (exact) mass is 369 g/mol. The normalized spacial score (nSPS) is 13.0. The van der Waals surface area contributed by atoms with Crippen molar-refractivity contribution in [1.82, 2.24) is 10.6 Å². The summed E-state index contributed by atoms with van der Waals surface area (Å²) >= 11 is 4.03. The molecule has 25 heavy (non-hydrogen) atoms. The summed E-state index contributed by atoms with van der Waals surface area (Å²) in [5, 5.41) is 26.0. The number of hydrogen-bond donors (Lipinski definition) is 6. The SMILES string of the molecule is CC(C)[C@H](NC(=O)[C@H](CS)NC(=O)CNc1ccc(O)cc1)C(=O)O. The van der Waals surface area contributed by atoms with Gasteiger partial charge in [-0.1, -0.05) is 13.8 Å². The van der Waals surface area contributed by atoms with Crippen LogP contribution in [0.1, 0.15) is 13.8 Å². The molecule has 0 aliphatic rings. The molecule has 0 fully saturated rings. The van der Waals surface area contributed by atoms with Crippen LogP contribution in [0.4, 0.5) is 5.69 Å². The van der Waals surface area contributed by atoms with Crippen LogP contribution in [0.2, 0.25) is 0 Å². The van der Waals surface area contributed by atoms with Crippen LogP contribution in [0, 0.1) is 5.92 Å². The molecule has 0 heterocycles. The second kappa shape index (κ2) is 9.77.